The van der Waals surface area contributed by atoms with Gasteiger partial charge >= 0.3 is 0 Å². The fraction of sp³-hybridized carbons (Fsp3) is 0.222. The SMILES string of the molecule is NCC(O)C(=O)c1ccc(F)c(Cl)c1. The van der Waals surface area contributed by atoms with Crippen LogP contribution in [0.1, 0.15) is 10.4 Å². The van der Waals surface area contributed by atoms with E-state index in [9.17, 15) is 9.18 Å². The molecule has 0 bridgehead atoms. The number of halogens is 2. The van der Waals surface area contributed by atoms with Gasteiger partial charge in [0.25, 0.3) is 0 Å². The fourth-order valence-corrected chi connectivity index (χ4v) is 1.13. The van der Waals surface area contributed by atoms with Crippen LogP contribution in [-0.4, -0.2) is 23.5 Å². The lowest BCUT2D eigenvalue weighted by Gasteiger charge is -2.06. The first-order valence-corrected chi connectivity index (χ1v) is 4.31. The number of aliphatic hydroxyl groups excluding tert-OH is 1. The lowest BCUT2D eigenvalue weighted by Crippen LogP contribution is -2.29. The number of hydrogen-bond donors (Lipinski definition) is 2. The van der Waals surface area contributed by atoms with Gasteiger partial charge in [-0.2, -0.15) is 0 Å². The summed E-state index contributed by atoms with van der Waals surface area (Å²) >= 11 is 5.47. The van der Waals surface area contributed by atoms with E-state index in [1.165, 1.54) is 6.07 Å². The van der Waals surface area contributed by atoms with Crippen molar-refractivity contribution in [2.45, 2.75) is 6.10 Å². The van der Waals surface area contributed by atoms with E-state index in [4.69, 9.17) is 22.4 Å². The van der Waals surface area contributed by atoms with E-state index in [1.54, 1.807) is 0 Å². The molecule has 5 heteroatoms. The van der Waals surface area contributed by atoms with Crippen molar-refractivity contribution in [3.8, 4) is 0 Å². The average molecular weight is 218 g/mol. The number of rotatable bonds is 3. The van der Waals surface area contributed by atoms with Crippen LogP contribution < -0.4 is 5.73 Å². The van der Waals surface area contributed by atoms with E-state index in [-0.39, 0.29) is 17.1 Å². The molecule has 0 fully saturated rings. The maximum Gasteiger partial charge on any atom is 0.192 e. The second-order valence-corrected chi connectivity index (χ2v) is 3.15. The topological polar surface area (TPSA) is 63.3 Å². The van der Waals surface area contributed by atoms with Crippen LogP contribution in [0.15, 0.2) is 18.2 Å². The maximum absolute atomic E-state index is 12.7. The molecule has 0 aromatic heterocycles. The molecule has 14 heavy (non-hydrogen) atoms. The molecule has 0 saturated heterocycles. The summed E-state index contributed by atoms with van der Waals surface area (Å²) < 4.78 is 12.7. The van der Waals surface area contributed by atoms with E-state index < -0.39 is 17.7 Å². The van der Waals surface area contributed by atoms with Crippen LogP contribution in [0.2, 0.25) is 5.02 Å². The zero-order valence-electron chi connectivity index (χ0n) is 7.21. The number of ketones is 1. The summed E-state index contributed by atoms with van der Waals surface area (Å²) in [6.07, 6.45) is -1.27. The minimum Gasteiger partial charge on any atom is -0.384 e. The molecule has 76 valence electrons. The van der Waals surface area contributed by atoms with Gasteiger partial charge in [-0.05, 0) is 18.2 Å². The molecule has 0 saturated carbocycles. The van der Waals surface area contributed by atoms with Gasteiger partial charge in [0.1, 0.15) is 11.9 Å². The number of aliphatic hydroxyl groups is 1. The number of carbonyl (C=O) groups excluding carboxylic acids is 1. The van der Waals surface area contributed by atoms with Gasteiger partial charge < -0.3 is 10.8 Å². The lowest BCUT2D eigenvalue weighted by atomic mass is 10.1. The Morgan fingerprint density at radius 2 is 2.29 bits per heavy atom. The second-order valence-electron chi connectivity index (χ2n) is 2.74. The van der Waals surface area contributed by atoms with Gasteiger partial charge in [0, 0.05) is 12.1 Å². The average Bonchev–Trinajstić information content (AvgIpc) is 2.20. The van der Waals surface area contributed by atoms with Crippen LogP contribution in [0.25, 0.3) is 0 Å². The molecular formula is C9H9ClFNO2. The normalized spacial score (nSPS) is 12.6. The third kappa shape index (κ3) is 2.29. The highest BCUT2D eigenvalue weighted by atomic mass is 35.5. The van der Waals surface area contributed by atoms with Crippen LogP contribution >= 0.6 is 11.6 Å². The van der Waals surface area contributed by atoms with E-state index in [0.717, 1.165) is 12.1 Å². The summed E-state index contributed by atoms with van der Waals surface area (Å²) in [7, 11) is 0. The van der Waals surface area contributed by atoms with E-state index in [1.807, 2.05) is 0 Å². The van der Waals surface area contributed by atoms with Crippen LogP contribution in [0, 0.1) is 5.82 Å². The fourth-order valence-electron chi connectivity index (χ4n) is 0.949. The highest BCUT2D eigenvalue weighted by Crippen LogP contribution is 2.16. The molecule has 1 aromatic carbocycles. The molecule has 0 heterocycles. The minimum atomic E-state index is -1.27. The highest BCUT2D eigenvalue weighted by Gasteiger charge is 2.16. The minimum absolute atomic E-state index is 0.148. The van der Waals surface area contributed by atoms with Gasteiger partial charge in [-0.1, -0.05) is 11.6 Å². The lowest BCUT2D eigenvalue weighted by molar-refractivity contribution is 0.0763. The van der Waals surface area contributed by atoms with Gasteiger partial charge in [0.15, 0.2) is 5.78 Å². The van der Waals surface area contributed by atoms with Gasteiger partial charge in [-0.15, -0.1) is 0 Å². The zero-order valence-corrected chi connectivity index (χ0v) is 7.96. The molecule has 0 aliphatic rings. The number of nitrogens with two attached hydrogens (primary N) is 1. The number of Topliss-reactive ketones (excluding diaryl/α,β-unsaturated/α-hetero) is 1. The molecule has 1 atom stereocenters. The summed E-state index contributed by atoms with van der Waals surface area (Å²) in [5.41, 5.74) is 5.25. The first-order chi connectivity index (χ1) is 6.56. The van der Waals surface area contributed by atoms with Gasteiger partial charge in [-0.3, -0.25) is 4.79 Å². The third-order valence-electron chi connectivity index (χ3n) is 1.73. The second kappa shape index (κ2) is 4.50. The summed E-state index contributed by atoms with van der Waals surface area (Å²) in [4.78, 5) is 11.3. The Balaban J connectivity index is 2.97. The molecule has 0 amide bonds. The number of benzene rings is 1. The Morgan fingerprint density at radius 1 is 1.64 bits per heavy atom. The summed E-state index contributed by atoms with van der Waals surface area (Å²) in [5, 5.41) is 8.98. The largest absolute Gasteiger partial charge is 0.384 e. The van der Waals surface area contributed by atoms with Crippen LogP contribution in [0.5, 0.6) is 0 Å². The molecule has 0 aliphatic carbocycles. The van der Waals surface area contributed by atoms with Crippen molar-refractivity contribution in [1.82, 2.24) is 0 Å². The standard InChI is InChI=1S/C9H9ClFNO2/c10-6-3-5(1-2-7(6)11)9(14)8(13)4-12/h1-3,8,13H,4,12H2. The molecule has 1 unspecified atom stereocenters. The molecule has 1 rings (SSSR count). The number of carbonyl (C=O) groups is 1. The monoisotopic (exact) mass is 217 g/mol. The molecule has 3 N–H and O–H groups in total. The Morgan fingerprint density at radius 3 is 2.79 bits per heavy atom. The van der Waals surface area contributed by atoms with Crippen molar-refractivity contribution >= 4 is 17.4 Å². The molecule has 1 aromatic rings. The first kappa shape index (κ1) is 11.1. The quantitative estimate of drug-likeness (QED) is 0.742. The first-order valence-electron chi connectivity index (χ1n) is 3.93. The smallest absolute Gasteiger partial charge is 0.192 e. The van der Waals surface area contributed by atoms with Crippen LogP contribution in [-0.2, 0) is 0 Å². The van der Waals surface area contributed by atoms with Crippen molar-refractivity contribution in [2.75, 3.05) is 6.54 Å². The maximum atomic E-state index is 12.7. The molecule has 3 nitrogen and oxygen atoms in total. The van der Waals surface area contributed by atoms with Crippen molar-refractivity contribution in [3.63, 3.8) is 0 Å². The summed E-state index contributed by atoms with van der Waals surface area (Å²) in [6.45, 7) is -0.173. The van der Waals surface area contributed by atoms with Crippen LogP contribution in [0.4, 0.5) is 4.39 Å². The Hall–Kier alpha value is -0.970. The predicted octanol–water partition coefficient (Wildman–Crippen LogP) is 0.981. The van der Waals surface area contributed by atoms with E-state index >= 15 is 0 Å². The molecular weight excluding hydrogens is 209 g/mol. The van der Waals surface area contributed by atoms with Gasteiger partial charge in [0.2, 0.25) is 0 Å². The Bertz CT molecular complexity index is 357. The van der Waals surface area contributed by atoms with Crippen molar-refractivity contribution < 1.29 is 14.3 Å². The van der Waals surface area contributed by atoms with Crippen molar-refractivity contribution in [1.29, 1.82) is 0 Å². The van der Waals surface area contributed by atoms with Gasteiger partial charge in [0.05, 0.1) is 5.02 Å². The Labute approximate surface area is 85.3 Å². The zero-order chi connectivity index (χ0) is 10.7. The highest BCUT2D eigenvalue weighted by molar-refractivity contribution is 6.31. The Kier molecular flexibility index (Phi) is 3.57. The molecule has 0 aliphatic heterocycles. The van der Waals surface area contributed by atoms with E-state index in [0.29, 0.717) is 0 Å². The molecule has 0 radical (unpaired) electrons. The summed E-state index contributed by atoms with van der Waals surface area (Å²) in [6, 6.07) is 3.49. The van der Waals surface area contributed by atoms with Crippen molar-refractivity contribution in [3.05, 3.63) is 34.6 Å². The van der Waals surface area contributed by atoms with Gasteiger partial charge in [-0.25, -0.2) is 4.39 Å². The summed E-state index contributed by atoms with van der Waals surface area (Å²) in [5.74, 6) is -1.17. The van der Waals surface area contributed by atoms with E-state index in [2.05, 4.69) is 0 Å². The van der Waals surface area contributed by atoms with Crippen LogP contribution in [0.3, 0.4) is 0 Å². The predicted molar refractivity (Wildman–Crippen MR) is 50.8 cm³/mol. The molecule has 0 spiro atoms. The van der Waals surface area contributed by atoms with Crippen molar-refractivity contribution in [2.24, 2.45) is 5.73 Å². The third-order valence-corrected chi connectivity index (χ3v) is 2.02. The number of hydrogen-bond acceptors (Lipinski definition) is 3.